The van der Waals surface area contributed by atoms with Gasteiger partial charge in [0, 0.05) is 22.7 Å². The number of aromatic amines is 1. The van der Waals surface area contributed by atoms with Gasteiger partial charge >= 0.3 is 5.97 Å². The molecule has 18 heavy (non-hydrogen) atoms. The van der Waals surface area contributed by atoms with Crippen molar-refractivity contribution in [3.05, 3.63) is 41.6 Å². The van der Waals surface area contributed by atoms with Crippen molar-refractivity contribution in [2.24, 2.45) is 0 Å². The van der Waals surface area contributed by atoms with E-state index in [0.29, 0.717) is 0 Å². The van der Waals surface area contributed by atoms with Crippen LogP contribution in [0.1, 0.15) is 32.0 Å². The van der Waals surface area contributed by atoms with Crippen LogP contribution >= 0.6 is 0 Å². The number of hydrogen-bond acceptors (Lipinski definition) is 1. The zero-order valence-electron chi connectivity index (χ0n) is 10.8. The van der Waals surface area contributed by atoms with E-state index in [1.165, 1.54) is 5.56 Å². The van der Waals surface area contributed by atoms with Crippen LogP contribution in [0.25, 0.3) is 17.0 Å². The fraction of sp³-hybridized carbons (Fsp3) is 0.267. The van der Waals surface area contributed by atoms with Crippen molar-refractivity contribution in [1.82, 2.24) is 4.98 Å². The van der Waals surface area contributed by atoms with E-state index in [0.717, 1.165) is 22.7 Å². The summed E-state index contributed by atoms with van der Waals surface area (Å²) in [4.78, 5) is 13.7. The third-order valence-corrected chi connectivity index (χ3v) is 2.91. The van der Waals surface area contributed by atoms with Crippen molar-refractivity contribution >= 4 is 22.9 Å². The summed E-state index contributed by atoms with van der Waals surface area (Å²) in [6, 6.07) is 8.24. The van der Waals surface area contributed by atoms with Crippen molar-refractivity contribution < 1.29 is 9.90 Å². The summed E-state index contributed by atoms with van der Waals surface area (Å²) >= 11 is 0. The normalized spacial score (nSPS) is 12.4. The molecule has 0 radical (unpaired) electrons. The Labute approximate surface area is 106 Å². The molecule has 94 valence electrons. The van der Waals surface area contributed by atoms with E-state index in [2.05, 4.69) is 37.9 Å². The standard InChI is InChI=1S/C15H17NO2/c1-15(2,3)11-4-6-13-10(8-11)9-12(16-13)5-7-14(17)18/h4-9,16H,1-3H3,(H,17,18)/b7-5+. The number of aromatic nitrogens is 1. The number of carbonyl (C=O) groups is 1. The molecular weight excluding hydrogens is 226 g/mol. The maximum atomic E-state index is 10.5. The quantitative estimate of drug-likeness (QED) is 0.792. The topological polar surface area (TPSA) is 53.1 Å². The van der Waals surface area contributed by atoms with E-state index in [4.69, 9.17) is 5.11 Å². The van der Waals surface area contributed by atoms with Gasteiger partial charge in [-0.25, -0.2) is 4.79 Å². The first-order valence-corrected chi connectivity index (χ1v) is 5.90. The van der Waals surface area contributed by atoms with Crippen LogP contribution in [-0.4, -0.2) is 16.1 Å². The zero-order valence-corrected chi connectivity index (χ0v) is 10.8. The number of fused-ring (bicyclic) bond motifs is 1. The first-order valence-electron chi connectivity index (χ1n) is 5.90. The maximum Gasteiger partial charge on any atom is 0.328 e. The van der Waals surface area contributed by atoms with Gasteiger partial charge in [-0.3, -0.25) is 0 Å². The Balaban J connectivity index is 2.43. The van der Waals surface area contributed by atoms with Crippen molar-refractivity contribution in [2.75, 3.05) is 0 Å². The molecule has 0 bridgehead atoms. The van der Waals surface area contributed by atoms with Crippen molar-refractivity contribution in [1.29, 1.82) is 0 Å². The Morgan fingerprint density at radius 2 is 2.00 bits per heavy atom. The number of nitrogens with one attached hydrogen (secondary N) is 1. The van der Waals surface area contributed by atoms with Crippen LogP contribution in [0.2, 0.25) is 0 Å². The summed E-state index contributed by atoms with van der Waals surface area (Å²) in [5.41, 5.74) is 3.21. The van der Waals surface area contributed by atoms with Gasteiger partial charge in [0.2, 0.25) is 0 Å². The molecule has 0 amide bonds. The van der Waals surface area contributed by atoms with Crippen LogP contribution in [-0.2, 0) is 10.2 Å². The predicted molar refractivity (Wildman–Crippen MR) is 73.7 cm³/mol. The molecule has 0 saturated carbocycles. The monoisotopic (exact) mass is 243 g/mol. The van der Waals surface area contributed by atoms with Crippen LogP contribution in [0.3, 0.4) is 0 Å². The summed E-state index contributed by atoms with van der Waals surface area (Å²) in [5, 5.41) is 9.70. The molecule has 0 atom stereocenters. The summed E-state index contributed by atoms with van der Waals surface area (Å²) in [6.45, 7) is 6.52. The Morgan fingerprint density at radius 1 is 1.28 bits per heavy atom. The summed E-state index contributed by atoms with van der Waals surface area (Å²) < 4.78 is 0. The first-order chi connectivity index (χ1) is 8.36. The average Bonchev–Trinajstić information content (AvgIpc) is 2.66. The van der Waals surface area contributed by atoms with Gasteiger partial charge in [-0.2, -0.15) is 0 Å². The minimum absolute atomic E-state index is 0.114. The van der Waals surface area contributed by atoms with E-state index in [-0.39, 0.29) is 5.41 Å². The highest BCUT2D eigenvalue weighted by molar-refractivity contribution is 5.88. The summed E-state index contributed by atoms with van der Waals surface area (Å²) in [7, 11) is 0. The number of carboxylic acids is 1. The summed E-state index contributed by atoms with van der Waals surface area (Å²) in [6.07, 6.45) is 2.70. The Hall–Kier alpha value is -2.03. The number of hydrogen-bond donors (Lipinski definition) is 2. The second kappa shape index (κ2) is 4.33. The molecule has 1 aromatic heterocycles. The highest BCUT2D eigenvalue weighted by atomic mass is 16.4. The maximum absolute atomic E-state index is 10.5. The lowest BCUT2D eigenvalue weighted by atomic mass is 9.86. The SMILES string of the molecule is CC(C)(C)c1ccc2[nH]c(/C=C/C(=O)O)cc2c1. The number of rotatable bonds is 2. The smallest absolute Gasteiger partial charge is 0.328 e. The van der Waals surface area contributed by atoms with E-state index in [9.17, 15) is 4.79 Å². The fourth-order valence-electron chi connectivity index (χ4n) is 1.87. The number of aliphatic carboxylic acids is 1. The second-order valence-corrected chi connectivity index (χ2v) is 5.45. The Kier molecular flexibility index (Phi) is 2.99. The molecule has 0 spiro atoms. The lowest BCUT2D eigenvalue weighted by Gasteiger charge is -2.18. The molecule has 1 aromatic carbocycles. The van der Waals surface area contributed by atoms with Gasteiger partial charge in [-0.1, -0.05) is 26.8 Å². The van der Waals surface area contributed by atoms with Gasteiger partial charge in [-0.15, -0.1) is 0 Å². The molecule has 2 aromatic rings. The molecule has 3 heteroatoms. The molecule has 0 aliphatic heterocycles. The molecule has 0 unspecified atom stereocenters. The van der Waals surface area contributed by atoms with Gasteiger partial charge in [0.25, 0.3) is 0 Å². The minimum Gasteiger partial charge on any atom is -0.478 e. The Bertz CT molecular complexity index is 615. The fourth-order valence-corrected chi connectivity index (χ4v) is 1.87. The van der Waals surface area contributed by atoms with Crippen molar-refractivity contribution in [3.8, 4) is 0 Å². The Morgan fingerprint density at radius 3 is 2.61 bits per heavy atom. The molecule has 1 heterocycles. The largest absolute Gasteiger partial charge is 0.478 e. The third kappa shape index (κ3) is 2.62. The highest BCUT2D eigenvalue weighted by Gasteiger charge is 2.14. The molecule has 0 fully saturated rings. The van der Waals surface area contributed by atoms with Gasteiger partial charge in [0.05, 0.1) is 0 Å². The lowest BCUT2D eigenvalue weighted by molar-refractivity contribution is -0.131. The zero-order chi connectivity index (χ0) is 13.3. The molecule has 2 N–H and O–H groups in total. The van der Waals surface area contributed by atoms with E-state index in [1.54, 1.807) is 6.08 Å². The molecule has 0 saturated heterocycles. The highest BCUT2D eigenvalue weighted by Crippen LogP contribution is 2.26. The predicted octanol–water partition coefficient (Wildman–Crippen LogP) is 3.56. The van der Waals surface area contributed by atoms with Crippen molar-refractivity contribution in [2.45, 2.75) is 26.2 Å². The van der Waals surface area contributed by atoms with Crippen LogP contribution in [0.5, 0.6) is 0 Å². The lowest BCUT2D eigenvalue weighted by Crippen LogP contribution is -2.10. The summed E-state index contributed by atoms with van der Waals surface area (Å²) in [5.74, 6) is -0.941. The molecular formula is C15H17NO2. The van der Waals surface area contributed by atoms with E-state index >= 15 is 0 Å². The number of H-pyrrole nitrogens is 1. The molecule has 2 rings (SSSR count). The second-order valence-electron chi connectivity index (χ2n) is 5.45. The van der Waals surface area contributed by atoms with Crippen LogP contribution < -0.4 is 0 Å². The molecule has 0 aliphatic carbocycles. The molecule has 0 aliphatic rings. The van der Waals surface area contributed by atoms with E-state index in [1.807, 2.05) is 12.1 Å². The van der Waals surface area contributed by atoms with Crippen molar-refractivity contribution in [3.63, 3.8) is 0 Å². The molecule has 3 nitrogen and oxygen atoms in total. The van der Waals surface area contributed by atoms with Gasteiger partial charge in [0.1, 0.15) is 0 Å². The van der Waals surface area contributed by atoms with Gasteiger partial charge < -0.3 is 10.1 Å². The minimum atomic E-state index is -0.941. The number of benzene rings is 1. The van der Waals surface area contributed by atoms with E-state index < -0.39 is 5.97 Å². The number of carboxylic acid groups (broad SMARTS) is 1. The first kappa shape index (κ1) is 12.4. The van der Waals surface area contributed by atoms with Gasteiger partial charge in [-0.05, 0) is 35.3 Å². The van der Waals surface area contributed by atoms with Crippen LogP contribution in [0, 0.1) is 0 Å². The van der Waals surface area contributed by atoms with Gasteiger partial charge in [0.15, 0.2) is 0 Å². The van der Waals surface area contributed by atoms with Crippen LogP contribution in [0.15, 0.2) is 30.3 Å². The third-order valence-electron chi connectivity index (χ3n) is 2.91. The van der Waals surface area contributed by atoms with Crippen LogP contribution in [0.4, 0.5) is 0 Å². The average molecular weight is 243 g/mol.